The van der Waals surface area contributed by atoms with Crippen molar-refractivity contribution >= 4 is 29.3 Å². The van der Waals surface area contributed by atoms with Gasteiger partial charge in [0.05, 0.1) is 12.8 Å². The lowest BCUT2D eigenvalue weighted by Crippen LogP contribution is -2.14. The summed E-state index contributed by atoms with van der Waals surface area (Å²) in [6.45, 7) is -0.210. The zero-order valence-corrected chi connectivity index (χ0v) is 16.1. The van der Waals surface area contributed by atoms with Crippen molar-refractivity contribution in [2.24, 2.45) is 0 Å². The second-order valence-corrected chi connectivity index (χ2v) is 6.87. The molecule has 3 aromatic rings. The Hall–Kier alpha value is -3.25. The second kappa shape index (κ2) is 9.62. The maximum Gasteiger partial charge on any atom is 0.343 e. The van der Waals surface area contributed by atoms with E-state index in [9.17, 15) is 9.59 Å². The van der Waals surface area contributed by atoms with E-state index in [1.54, 1.807) is 36.0 Å². The predicted molar refractivity (Wildman–Crippen MR) is 109 cm³/mol. The van der Waals surface area contributed by atoms with Gasteiger partial charge in [0.15, 0.2) is 6.61 Å². The number of nitrogens with one attached hydrogen (secondary N) is 1. The highest BCUT2D eigenvalue weighted by atomic mass is 32.2. The van der Waals surface area contributed by atoms with Crippen LogP contribution in [-0.2, 0) is 9.53 Å². The van der Waals surface area contributed by atoms with Gasteiger partial charge in [-0.2, -0.15) is 0 Å². The molecular weight excluding hydrogens is 374 g/mol. The van der Waals surface area contributed by atoms with Crippen LogP contribution < -0.4 is 10.1 Å². The molecule has 0 fully saturated rings. The first-order valence-electron chi connectivity index (χ1n) is 8.58. The number of benzene rings is 3. The van der Waals surface area contributed by atoms with Crippen molar-refractivity contribution in [1.82, 2.24) is 0 Å². The number of ether oxygens (including phenoxy) is 2. The molecule has 1 N–H and O–H groups in total. The van der Waals surface area contributed by atoms with Crippen LogP contribution in [0.5, 0.6) is 5.75 Å². The topological polar surface area (TPSA) is 64.6 Å². The molecule has 0 aliphatic heterocycles. The molecule has 0 unspecified atom stereocenters. The van der Waals surface area contributed by atoms with Gasteiger partial charge in [-0.1, -0.05) is 48.2 Å². The van der Waals surface area contributed by atoms with E-state index in [1.165, 1.54) is 7.11 Å². The van der Waals surface area contributed by atoms with Crippen LogP contribution >= 0.6 is 11.8 Å². The van der Waals surface area contributed by atoms with Gasteiger partial charge >= 0.3 is 5.97 Å². The van der Waals surface area contributed by atoms with Crippen LogP contribution in [0.2, 0.25) is 0 Å². The van der Waals surface area contributed by atoms with Gasteiger partial charge in [0, 0.05) is 15.4 Å². The number of para-hydroxylation sites is 1. The molecule has 0 bridgehead atoms. The molecule has 3 rings (SSSR count). The number of hydrogen-bond acceptors (Lipinski definition) is 5. The fourth-order valence-corrected chi connectivity index (χ4v) is 3.32. The Labute approximate surface area is 167 Å². The van der Waals surface area contributed by atoms with Crippen molar-refractivity contribution in [3.63, 3.8) is 0 Å². The quantitative estimate of drug-likeness (QED) is 0.593. The van der Waals surface area contributed by atoms with E-state index in [4.69, 9.17) is 4.74 Å². The van der Waals surface area contributed by atoms with Crippen LogP contribution in [0, 0.1) is 0 Å². The number of methoxy groups -OCH3 is 1. The van der Waals surface area contributed by atoms with Gasteiger partial charge < -0.3 is 14.8 Å². The number of esters is 1. The van der Waals surface area contributed by atoms with E-state index in [0.29, 0.717) is 11.3 Å². The average molecular weight is 393 g/mol. The SMILES string of the molecule is COC(=O)COc1cccc(C(=O)Nc2ccccc2Sc2ccccc2)c1. The summed E-state index contributed by atoms with van der Waals surface area (Å²) >= 11 is 1.58. The van der Waals surface area contributed by atoms with Gasteiger partial charge in [-0.05, 0) is 42.5 Å². The Morgan fingerprint density at radius 3 is 2.46 bits per heavy atom. The van der Waals surface area contributed by atoms with Crippen LogP contribution in [0.15, 0.2) is 88.7 Å². The molecule has 0 saturated heterocycles. The third kappa shape index (κ3) is 5.37. The largest absolute Gasteiger partial charge is 0.482 e. The minimum absolute atomic E-state index is 0.210. The molecule has 0 aromatic heterocycles. The molecule has 1 amide bonds. The molecule has 5 nitrogen and oxygen atoms in total. The van der Waals surface area contributed by atoms with Crippen LogP contribution in [0.1, 0.15) is 10.4 Å². The Kier molecular flexibility index (Phi) is 6.70. The van der Waals surface area contributed by atoms with Gasteiger partial charge in [0.2, 0.25) is 0 Å². The van der Waals surface area contributed by atoms with Gasteiger partial charge in [-0.3, -0.25) is 4.79 Å². The summed E-state index contributed by atoms with van der Waals surface area (Å²) in [5, 5.41) is 2.94. The van der Waals surface area contributed by atoms with Crippen molar-refractivity contribution in [2.75, 3.05) is 19.0 Å². The predicted octanol–water partition coefficient (Wildman–Crippen LogP) is 4.64. The summed E-state index contributed by atoms with van der Waals surface area (Å²) in [5.74, 6) is -0.323. The third-order valence-electron chi connectivity index (χ3n) is 3.79. The summed E-state index contributed by atoms with van der Waals surface area (Å²) in [4.78, 5) is 25.9. The van der Waals surface area contributed by atoms with E-state index in [2.05, 4.69) is 10.1 Å². The van der Waals surface area contributed by atoms with E-state index in [0.717, 1.165) is 15.5 Å². The number of amides is 1. The highest BCUT2D eigenvalue weighted by Crippen LogP contribution is 2.33. The highest BCUT2D eigenvalue weighted by molar-refractivity contribution is 7.99. The number of hydrogen-bond donors (Lipinski definition) is 1. The molecular formula is C22H19NO4S. The van der Waals surface area contributed by atoms with Crippen LogP contribution in [-0.4, -0.2) is 25.6 Å². The molecule has 3 aromatic carbocycles. The zero-order chi connectivity index (χ0) is 19.8. The number of rotatable bonds is 7. The van der Waals surface area contributed by atoms with E-state index < -0.39 is 5.97 Å². The summed E-state index contributed by atoms with van der Waals surface area (Å²) < 4.78 is 9.89. The first kappa shape index (κ1) is 19.5. The Morgan fingerprint density at radius 1 is 0.929 bits per heavy atom. The molecule has 0 aliphatic carbocycles. The molecule has 6 heteroatoms. The van der Waals surface area contributed by atoms with Gasteiger partial charge in [-0.25, -0.2) is 4.79 Å². The lowest BCUT2D eigenvalue weighted by molar-refractivity contribution is -0.142. The Morgan fingerprint density at radius 2 is 1.68 bits per heavy atom. The molecule has 28 heavy (non-hydrogen) atoms. The van der Waals surface area contributed by atoms with Crippen LogP contribution in [0.3, 0.4) is 0 Å². The normalized spacial score (nSPS) is 10.2. The molecule has 0 atom stereocenters. The first-order chi connectivity index (χ1) is 13.7. The first-order valence-corrected chi connectivity index (χ1v) is 9.40. The minimum Gasteiger partial charge on any atom is -0.482 e. The van der Waals surface area contributed by atoms with Gasteiger partial charge in [0.1, 0.15) is 5.75 Å². The Bertz CT molecular complexity index is 960. The van der Waals surface area contributed by atoms with E-state index >= 15 is 0 Å². The second-order valence-electron chi connectivity index (χ2n) is 5.76. The summed E-state index contributed by atoms with van der Waals surface area (Å²) in [5.41, 5.74) is 1.16. The van der Waals surface area contributed by atoms with Crippen molar-refractivity contribution < 1.29 is 19.1 Å². The van der Waals surface area contributed by atoms with Crippen LogP contribution in [0.4, 0.5) is 5.69 Å². The summed E-state index contributed by atoms with van der Waals surface area (Å²) in [6, 6.07) is 24.2. The standard InChI is InChI=1S/C22H19NO4S/c1-26-21(24)15-27-17-9-7-8-16(14-17)22(25)23-19-12-5-6-13-20(19)28-18-10-3-2-4-11-18/h2-14H,15H2,1H3,(H,23,25). The molecule has 0 saturated carbocycles. The van der Waals surface area contributed by atoms with Crippen molar-refractivity contribution in [3.8, 4) is 5.75 Å². The van der Waals surface area contributed by atoms with Crippen LogP contribution in [0.25, 0.3) is 0 Å². The van der Waals surface area contributed by atoms with E-state index in [-0.39, 0.29) is 12.5 Å². The highest BCUT2D eigenvalue weighted by Gasteiger charge is 2.11. The lowest BCUT2D eigenvalue weighted by atomic mass is 10.2. The Balaban J connectivity index is 1.72. The number of carbonyl (C=O) groups is 2. The fraction of sp³-hybridized carbons (Fsp3) is 0.0909. The molecule has 0 aliphatic rings. The maximum absolute atomic E-state index is 12.7. The van der Waals surface area contributed by atoms with Crippen molar-refractivity contribution in [1.29, 1.82) is 0 Å². The zero-order valence-electron chi connectivity index (χ0n) is 15.3. The molecule has 0 spiro atoms. The van der Waals surface area contributed by atoms with Crippen molar-refractivity contribution in [2.45, 2.75) is 9.79 Å². The van der Waals surface area contributed by atoms with E-state index in [1.807, 2.05) is 54.6 Å². The summed E-state index contributed by atoms with van der Waals surface area (Å²) in [6.07, 6.45) is 0. The molecule has 142 valence electrons. The third-order valence-corrected chi connectivity index (χ3v) is 4.87. The average Bonchev–Trinajstić information content (AvgIpc) is 2.74. The van der Waals surface area contributed by atoms with Gasteiger partial charge in [-0.15, -0.1) is 0 Å². The lowest BCUT2D eigenvalue weighted by Gasteiger charge is -2.11. The smallest absolute Gasteiger partial charge is 0.343 e. The monoisotopic (exact) mass is 393 g/mol. The number of anilines is 1. The maximum atomic E-state index is 12.7. The minimum atomic E-state index is -0.485. The fourth-order valence-electron chi connectivity index (χ4n) is 2.40. The van der Waals surface area contributed by atoms with Gasteiger partial charge in [0.25, 0.3) is 5.91 Å². The molecule has 0 heterocycles. The molecule has 0 radical (unpaired) electrons. The summed E-state index contributed by atoms with van der Waals surface area (Å²) in [7, 11) is 1.29. The number of carbonyl (C=O) groups excluding carboxylic acids is 2. The van der Waals surface area contributed by atoms with Crippen molar-refractivity contribution in [3.05, 3.63) is 84.4 Å².